The first-order chi connectivity index (χ1) is 10.5. The molecule has 0 aliphatic carbocycles. The number of nitrogens with zero attached hydrogens (tertiary/aromatic N) is 2. The van der Waals surface area contributed by atoms with Crippen LogP contribution in [0, 0.1) is 5.92 Å². The minimum Gasteiger partial charge on any atom is -0.321 e. The third kappa shape index (κ3) is 3.34. The molecule has 120 valence electrons. The Kier molecular flexibility index (Phi) is 4.81. The molecule has 1 N–H and O–H groups in total. The number of hydrogen-bond acceptors (Lipinski definition) is 2. The summed E-state index contributed by atoms with van der Waals surface area (Å²) in [5.74, 6) is 0.577. The number of fused-ring (bicyclic) bond motifs is 1. The number of nitrogens with one attached hydrogen (secondary N) is 1. The maximum absolute atomic E-state index is 12.7. The Bertz CT molecular complexity index is 566. The van der Waals surface area contributed by atoms with Crippen LogP contribution in [0.25, 0.3) is 0 Å². The summed E-state index contributed by atoms with van der Waals surface area (Å²) >= 11 is 12.1. The summed E-state index contributed by atoms with van der Waals surface area (Å²) in [7, 11) is 2.15. The van der Waals surface area contributed by atoms with Gasteiger partial charge in [-0.2, -0.15) is 0 Å². The summed E-state index contributed by atoms with van der Waals surface area (Å²) in [6, 6.07) is 5.38. The van der Waals surface area contributed by atoms with Gasteiger partial charge in [0, 0.05) is 24.2 Å². The molecule has 1 aromatic carbocycles. The van der Waals surface area contributed by atoms with Crippen molar-refractivity contribution in [3.8, 4) is 0 Å². The van der Waals surface area contributed by atoms with Crippen molar-refractivity contribution in [2.45, 2.75) is 25.3 Å². The molecule has 2 heterocycles. The van der Waals surface area contributed by atoms with Crippen LogP contribution in [0.1, 0.15) is 19.3 Å². The first-order valence-electron chi connectivity index (χ1n) is 7.76. The molecular formula is C16H21Cl2N3O. The number of hydrogen-bond donors (Lipinski definition) is 1. The lowest BCUT2D eigenvalue weighted by Crippen LogP contribution is -2.56. The molecule has 0 unspecified atom stereocenters. The Labute approximate surface area is 141 Å². The van der Waals surface area contributed by atoms with Crippen LogP contribution in [-0.4, -0.2) is 48.6 Å². The zero-order valence-electron chi connectivity index (χ0n) is 12.7. The van der Waals surface area contributed by atoms with Crippen molar-refractivity contribution in [2.24, 2.45) is 5.92 Å². The van der Waals surface area contributed by atoms with Crippen LogP contribution in [0.3, 0.4) is 0 Å². The summed E-state index contributed by atoms with van der Waals surface area (Å²) in [6.45, 7) is 2.93. The van der Waals surface area contributed by atoms with Crippen LogP contribution < -0.4 is 5.32 Å². The minimum atomic E-state index is -0.0663. The zero-order valence-corrected chi connectivity index (χ0v) is 14.2. The van der Waals surface area contributed by atoms with E-state index in [1.54, 1.807) is 18.2 Å². The van der Waals surface area contributed by atoms with E-state index in [-0.39, 0.29) is 6.03 Å². The first kappa shape index (κ1) is 15.9. The van der Waals surface area contributed by atoms with E-state index in [4.69, 9.17) is 23.2 Å². The maximum Gasteiger partial charge on any atom is 0.322 e. The Hall–Kier alpha value is -0.970. The highest BCUT2D eigenvalue weighted by molar-refractivity contribution is 6.35. The van der Waals surface area contributed by atoms with Gasteiger partial charge in [-0.3, -0.25) is 0 Å². The average molecular weight is 342 g/mol. The quantitative estimate of drug-likeness (QED) is 0.839. The number of urea groups is 1. The van der Waals surface area contributed by atoms with Crippen LogP contribution in [0.5, 0.6) is 0 Å². The van der Waals surface area contributed by atoms with E-state index in [2.05, 4.69) is 17.3 Å². The average Bonchev–Trinajstić information content (AvgIpc) is 2.50. The normalized spacial score (nSPS) is 25.7. The van der Waals surface area contributed by atoms with E-state index in [1.807, 2.05) is 4.90 Å². The largest absolute Gasteiger partial charge is 0.322 e. The van der Waals surface area contributed by atoms with Crippen LogP contribution >= 0.6 is 23.2 Å². The third-order valence-corrected chi connectivity index (χ3v) is 5.27. The molecule has 2 aliphatic rings. The van der Waals surface area contributed by atoms with Crippen LogP contribution in [0.15, 0.2) is 18.2 Å². The predicted octanol–water partition coefficient (Wildman–Crippen LogP) is 3.94. The monoisotopic (exact) mass is 341 g/mol. The lowest BCUT2D eigenvalue weighted by molar-refractivity contribution is 0.0579. The van der Waals surface area contributed by atoms with Gasteiger partial charge in [-0.25, -0.2) is 4.79 Å². The molecule has 2 amide bonds. The fraction of sp³-hybridized carbons (Fsp3) is 0.562. The molecule has 3 rings (SSSR count). The van der Waals surface area contributed by atoms with Crippen molar-refractivity contribution in [3.05, 3.63) is 28.2 Å². The van der Waals surface area contributed by atoms with Crippen molar-refractivity contribution < 1.29 is 4.79 Å². The fourth-order valence-corrected chi connectivity index (χ4v) is 3.95. The molecule has 2 atom stereocenters. The minimum absolute atomic E-state index is 0.0663. The highest BCUT2D eigenvalue weighted by Crippen LogP contribution is 2.31. The van der Waals surface area contributed by atoms with E-state index in [1.165, 1.54) is 6.42 Å². The molecule has 22 heavy (non-hydrogen) atoms. The van der Waals surface area contributed by atoms with E-state index in [0.717, 1.165) is 32.5 Å². The van der Waals surface area contributed by atoms with Crippen LogP contribution in [0.4, 0.5) is 10.5 Å². The van der Waals surface area contributed by atoms with Gasteiger partial charge in [0.05, 0.1) is 10.7 Å². The summed E-state index contributed by atoms with van der Waals surface area (Å²) in [4.78, 5) is 17.0. The molecule has 0 aromatic heterocycles. The number of rotatable bonds is 1. The van der Waals surface area contributed by atoms with Gasteiger partial charge in [0.25, 0.3) is 0 Å². The number of carbonyl (C=O) groups is 1. The topological polar surface area (TPSA) is 35.6 Å². The van der Waals surface area contributed by atoms with Gasteiger partial charge in [-0.15, -0.1) is 0 Å². The summed E-state index contributed by atoms with van der Waals surface area (Å²) < 4.78 is 0. The number of halogens is 2. The molecule has 2 saturated heterocycles. The highest BCUT2D eigenvalue weighted by atomic mass is 35.5. The van der Waals surface area contributed by atoms with Crippen molar-refractivity contribution >= 4 is 34.9 Å². The lowest BCUT2D eigenvalue weighted by Gasteiger charge is -2.46. The molecule has 0 bridgehead atoms. The molecule has 0 radical (unpaired) electrons. The summed E-state index contributed by atoms with van der Waals surface area (Å²) in [6.07, 6.45) is 3.31. The van der Waals surface area contributed by atoms with Crippen LogP contribution in [0.2, 0.25) is 10.0 Å². The maximum atomic E-state index is 12.7. The van der Waals surface area contributed by atoms with E-state index >= 15 is 0 Å². The van der Waals surface area contributed by atoms with Crippen molar-refractivity contribution in [1.82, 2.24) is 9.80 Å². The fourth-order valence-electron chi connectivity index (χ4n) is 3.62. The number of benzene rings is 1. The first-order valence-corrected chi connectivity index (χ1v) is 8.51. The molecule has 2 fully saturated rings. The number of likely N-dealkylation sites (tertiary alicyclic amines) is 2. The molecule has 2 aliphatic heterocycles. The van der Waals surface area contributed by atoms with Crippen molar-refractivity contribution in [2.75, 3.05) is 32.0 Å². The molecular weight excluding hydrogens is 321 g/mol. The van der Waals surface area contributed by atoms with Crippen molar-refractivity contribution in [3.63, 3.8) is 0 Å². The zero-order chi connectivity index (χ0) is 15.7. The molecule has 1 aromatic rings. The Morgan fingerprint density at radius 3 is 2.91 bits per heavy atom. The number of amides is 2. The van der Waals surface area contributed by atoms with Gasteiger partial charge in [-0.05, 0) is 57.0 Å². The molecule has 4 nitrogen and oxygen atoms in total. The number of carbonyl (C=O) groups excluding carboxylic acids is 1. The molecule has 0 spiro atoms. The predicted molar refractivity (Wildman–Crippen MR) is 90.8 cm³/mol. The van der Waals surface area contributed by atoms with Crippen LogP contribution in [-0.2, 0) is 0 Å². The third-order valence-electron chi connectivity index (χ3n) is 4.70. The van der Waals surface area contributed by atoms with Gasteiger partial charge < -0.3 is 15.1 Å². The Balaban J connectivity index is 1.72. The van der Waals surface area contributed by atoms with Gasteiger partial charge in [0.2, 0.25) is 0 Å². The second-order valence-electron chi connectivity index (χ2n) is 6.27. The van der Waals surface area contributed by atoms with Gasteiger partial charge in [-0.1, -0.05) is 23.2 Å². The smallest absolute Gasteiger partial charge is 0.321 e. The number of anilines is 1. The van der Waals surface area contributed by atoms with Crippen molar-refractivity contribution in [1.29, 1.82) is 0 Å². The van der Waals surface area contributed by atoms with Gasteiger partial charge in [0.1, 0.15) is 0 Å². The Morgan fingerprint density at radius 2 is 2.09 bits per heavy atom. The number of piperidine rings is 2. The van der Waals surface area contributed by atoms with E-state index in [0.29, 0.717) is 27.7 Å². The van der Waals surface area contributed by atoms with E-state index < -0.39 is 0 Å². The summed E-state index contributed by atoms with van der Waals surface area (Å²) in [5, 5.41) is 4.00. The summed E-state index contributed by atoms with van der Waals surface area (Å²) in [5.41, 5.74) is 0.578. The standard InChI is InChI=1S/C16H21Cl2N3O/c1-20-8-6-15-11(10-20)3-2-7-21(15)16(22)19-14-9-12(17)4-5-13(14)18/h4-5,9,11,15H,2-3,6-8,10H2,1H3,(H,19,22)/t11-,15-/m0/s1. The van der Waals surface area contributed by atoms with Gasteiger partial charge >= 0.3 is 6.03 Å². The SMILES string of the molecule is CN1CC[C@H]2[C@@H](CCCN2C(=O)Nc2cc(Cl)ccc2Cl)C1. The van der Waals surface area contributed by atoms with Gasteiger partial charge in [0.15, 0.2) is 0 Å². The second-order valence-corrected chi connectivity index (χ2v) is 7.11. The second kappa shape index (κ2) is 6.65. The highest BCUT2D eigenvalue weighted by Gasteiger charge is 2.37. The lowest BCUT2D eigenvalue weighted by atomic mass is 9.84. The Morgan fingerprint density at radius 1 is 1.27 bits per heavy atom. The van der Waals surface area contributed by atoms with E-state index in [9.17, 15) is 4.79 Å². The molecule has 6 heteroatoms. The molecule has 0 saturated carbocycles.